The van der Waals surface area contributed by atoms with Crippen LogP contribution >= 0.6 is 0 Å². The monoisotopic (exact) mass is 508 g/mol. The summed E-state index contributed by atoms with van der Waals surface area (Å²) in [7, 11) is 1.26. The maximum absolute atomic E-state index is 14.5. The molecule has 1 N–H and O–H groups in total. The van der Waals surface area contributed by atoms with Crippen LogP contribution in [0.15, 0.2) is 11.6 Å². The number of carbonyl (C=O) groups is 4. The third-order valence-corrected chi connectivity index (χ3v) is 8.47. The first kappa shape index (κ1) is 28.3. The van der Waals surface area contributed by atoms with Gasteiger partial charge in [-0.2, -0.15) is 0 Å². The van der Waals surface area contributed by atoms with E-state index in [0.717, 1.165) is 5.57 Å². The van der Waals surface area contributed by atoms with Gasteiger partial charge in [0.1, 0.15) is 18.3 Å². The van der Waals surface area contributed by atoms with Crippen molar-refractivity contribution < 1.29 is 43.2 Å². The van der Waals surface area contributed by atoms with E-state index in [9.17, 15) is 24.3 Å². The summed E-state index contributed by atoms with van der Waals surface area (Å²) < 4.78 is 22.7. The predicted molar refractivity (Wildman–Crippen MR) is 129 cm³/mol. The summed E-state index contributed by atoms with van der Waals surface area (Å²) in [6.07, 6.45) is 0.478. The fourth-order valence-corrected chi connectivity index (χ4v) is 6.29. The summed E-state index contributed by atoms with van der Waals surface area (Å²) in [5.41, 5.74) is -1.72. The van der Waals surface area contributed by atoms with Crippen molar-refractivity contribution in [3.05, 3.63) is 11.6 Å². The number of ether oxygens (including phenoxy) is 4. The van der Waals surface area contributed by atoms with E-state index in [1.165, 1.54) is 14.0 Å². The van der Waals surface area contributed by atoms with Gasteiger partial charge in [-0.25, -0.2) is 0 Å². The molecule has 3 aliphatic rings. The van der Waals surface area contributed by atoms with E-state index in [-0.39, 0.29) is 18.6 Å². The smallest absolute Gasteiger partial charge is 0.311 e. The Kier molecular flexibility index (Phi) is 8.35. The van der Waals surface area contributed by atoms with Gasteiger partial charge in [-0.1, -0.05) is 32.4 Å². The van der Waals surface area contributed by atoms with Crippen LogP contribution in [0.2, 0.25) is 0 Å². The Morgan fingerprint density at radius 1 is 1.25 bits per heavy atom. The number of ketones is 1. The largest absolute Gasteiger partial charge is 0.469 e. The van der Waals surface area contributed by atoms with Crippen LogP contribution in [0.25, 0.3) is 0 Å². The molecular weight excluding hydrogens is 468 g/mol. The summed E-state index contributed by atoms with van der Waals surface area (Å²) in [6.45, 7) is 10.2. The molecule has 0 aromatic carbocycles. The summed E-state index contributed by atoms with van der Waals surface area (Å²) in [5.74, 6) is -4.31. The van der Waals surface area contributed by atoms with Crippen LogP contribution < -0.4 is 0 Å². The van der Waals surface area contributed by atoms with Gasteiger partial charge in [0.15, 0.2) is 11.4 Å². The van der Waals surface area contributed by atoms with Crippen LogP contribution in [0.4, 0.5) is 0 Å². The second-order valence-electron chi connectivity index (χ2n) is 10.8. The lowest BCUT2D eigenvalue weighted by atomic mass is 9.54. The quantitative estimate of drug-likeness (QED) is 0.249. The first-order valence-corrected chi connectivity index (χ1v) is 12.9. The van der Waals surface area contributed by atoms with Crippen molar-refractivity contribution >= 4 is 23.7 Å². The zero-order valence-corrected chi connectivity index (χ0v) is 22.4. The van der Waals surface area contributed by atoms with Crippen molar-refractivity contribution in [2.75, 3.05) is 7.11 Å². The van der Waals surface area contributed by atoms with Gasteiger partial charge in [-0.05, 0) is 39.0 Å². The summed E-state index contributed by atoms with van der Waals surface area (Å²) in [6, 6.07) is 0. The van der Waals surface area contributed by atoms with Gasteiger partial charge in [0, 0.05) is 25.7 Å². The van der Waals surface area contributed by atoms with E-state index < -0.39 is 71.1 Å². The Labute approximate surface area is 212 Å². The second-order valence-corrected chi connectivity index (χ2v) is 10.8. The van der Waals surface area contributed by atoms with Crippen molar-refractivity contribution in [2.24, 2.45) is 23.2 Å². The van der Waals surface area contributed by atoms with Gasteiger partial charge >= 0.3 is 17.9 Å². The molecule has 0 unspecified atom stereocenters. The van der Waals surface area contributed by atoms with Crippen molar-refractivity contribution in [3.8, 4) is 0 Å². The van der Waals surface area contributed by atoms with E-state index in [0.29, 0.717) is 19.3 Å². The SMILES string of the molecule is CCCC(=O)O[C@@H]1CC/C(C)=C\[C@H]2O[C@]2([C@@H](C)C(=O)OC)C(=O)[C@H]2[C@H](C)[C@H](O)C[C@H](OC(C)=O)[C@]12C. The summed E-state index contributed by atoms with van der Waals surface area (Å²) in [4.78, 5) is 52.0. The first-order valence-electron chi connectivity index (χ1n) is 12.9. The van der Waals surface area contributed by atoms with Gasteiger partial charge in [0.2, 0.25) is 0 Å². The van der Waals surface area contributed by atoms with Crippen molar-refractivity contribution in [3.63, 3.8) is 0 Å². The van der Waals surface area contributed by atoms with Crippen molar-refractivity contribution in [1.82, 2.24) is 0 Å². The molecule has 36 heavy (non-hydrogen) atoms. The predicted octanol–water partition coefficient (Wildman–Crippen LogP) is 2.91. The van der Waals surface area contributed by atoms with Crippen LogP contribution in [0.3, 0.4) is 0 Å². The van der Waals surface area contributed by atoms with Gasteiger partial charge in [-0.3, -0.25) is 19.2 Å². The van der Waals surface area contributed by atoms with Crippen molar-refractivity contribution in [2.45, 2.75) is 104 Å². The molecule has 0 bridgehead atoms. The van der Waals surface area contributed by atoms with Gasteiger partial charge in [0.05, 0.1) is 24.5 Å². The van der Waals surface area contributed by atoms with E-state index in [4.69, 9.17) is 18.9 Å². The standard InChI is InChI=1S/C27H40O9/c1-8-9-22(30)35-19-11-10-14(2)12-21-27(36-21,16(4)25(32)33-7)24(31)23-15(3)18(29)13-20(26(19,23)6)34-17(5)28/h12,15-16,18-21,23,29H,8-11,13H2,1-7H3/b14-12-/t15-,16+,18-,19-,20+,21-,23-,26+,27+/m1/s1. The highest BCUT2D eigenvalue weighted by atomic mass is 16.6. The Hall–Kier alpha value is -2.26. The molecule has 202 valence electrons. The van der Waals surface area contributed by atoms with Gasteiger partial charge in [0.25, 0.3) is 0 Å². The van der Waals surface area contributed by atoms with E-state index in [1.807, 2.05) is 19.9 Å². The normalized spacial score (nSPS) is 40.4. The number of hydrogen-bond donors (Lipinski definition) is 1. The number of esters is 3. The number of methoxy groups -OCH3 is 1. The molecule has 9 nitrogen and oxygen atoms in total. The van der Waals surface area contributed by atoms with Crippen LogP contribution in [0.1, 0.15) is 73.6 Å². The highest BCUT2D eigenvalue weighted by Gasteiger charge is 2.72. The van der Waals surface area contributed by atoms with Gasteiger partial charge < -0.3 is 24.1 Å². The number of rotatable bonds is 6. The molecule has 0 amide bonds. The molecule has 1 heterocycles. The average molecular weight is 509 g/mol. The number of aliphatic hydroxyl groups is 1. The summed E-state index contributed by atoms with van der Waals surface area (Å²) in [5, 5.41) is 11.0. The minimum absolute atomic E-state index is 0.0987. The minimum atomic E-state index is -1.48. The summed E-state index contributed by atoms with van der Waals surface area (Å²) >= 11 is 0. The van der Waals surface area contributed by atoms with E-state index >= 15 is 0 Å². The minimum Gasteiger partial charge on any atom is -0.469 e. The fourth-order valence-electron chi connectivity index (χ4n) is 6.29. The molecule has 9 heteroatoms. The molecule has 0 spiro atoms. The maximum Gasteiger partial charge on any atom is 0.311 e. The first-order chi connectivity index (χ1) is 16.8. The van der Waals surface area contributed by atoms with E-state index in [1.54, 1.807) is 20.8 Å². The number of fused-ring (bicyclic) bond motifs is 2. The second kappa shape index (κ2) is 10.6. The number of allylic oxidation sites excluding steroid dienone is 1. The third-order valence-electron chi connectivity index (χ3n) is 8.47. The highest BCUT2D eigenvalue weighted by molar-refractivity contribution is 5.98. The van der Waals surface area contributed by atoms with E-state index in [2.05, 4.69) is 0 Å². The number of carbonyl (C=O) groups excluding carboxylic acids is 4. The number of hydrogen-bond acceptors (Lipinski definition) is 9. The Balaban J connectivity index is 2.22. The Bertz CT molecular complexity index is 926. The Morgan fingerprint density at radius 3 is 2.50 bits per heavy atom. The van der Waals surface area contributed by atoms with Crippen LogP contribution in [0.5, 0.6) is 0 Å². The molecule has 3 rings (SSSR count). The average Bonchev–Trinajstić information content (AvgIpc) is 3.53. The number of epoxide rings is 1. The lowest BCUT2D eigenvalue weighted by molar-refractivity contribution is -0.207. The lowest BCUT2D eigenvalue weighted by Gasteiger charge is -2.54. The molecular formula is C27H40O9. The Morgan fingerprint density at radius 2 is 1.92 bits per heavy atom. The lowest BCUT2D eigenvalue weighted by Crippen LogP contribution is -2.64. The molecule has 1 aliphatic heterocycles. The molecule has 0 aromatic rings. The molecule has 2 aliphatic carbocycles. The van der Waals surface area contributed by atoms with Gasteiger partial charge in [-0.15, -0.1) is 0 Å². The van der Waals surface area contributed by atoms with Crippen molar-refractivity contribution in [1.29, 1.82) is 0 Å². The highest BCUT2D eigenvalue weighted by Crippen LogP contribution is 2.57. The number of aliphatic hydroxyl groups excluding tert-OH is 1. The van der Waals surface area contributed by atoms with Crippen LogP contribution in [0, 0.1) is 23.2 Å². The van der Waals surface area contributed by atoms with Crippen LogP contribution in [-0.2, 0) is 38.1 Å². The molecule has 0 radical (unpaired) electrons. The number of Topliss-reactive ketones (excluding diaryl/α,β-unsaturated/α-hetero) is 1. The van der Waals surface area contributed by atoms with Crippen LogP contribution in [-0.4, -0.2) is 65.9 Å². The molecule has 1 saturated heterocycles. The zero-order chi connectivity index (χ0) is 27.0. The maximum atomic E-state index is 14.5. The third kappa shape index (κ3) is 4.84. The fraction of sp³-hybridized carbons (Fsp3) is 0.778. The topological polar surface area (TPSA) is 129 Å². The molecule has 0 aromatic heterocycles. The molecule has 2 fully saturated rings. The molecule has 1 saturated carbocycles. The zero-order valence-electron chi connectivity index (χ0n) is 22.4. The molecule has 9 atom stereocenters.